The summed E-state index contributed by atoms with van der Waals surface area (Å²) in [6.45, 7) is 2.18. The first kappa shape index (κ1) is 26.9. The van der Waals surface area contributed by atoms with Crippen molar-refractivity contribution < 1.29 is 0 Å². The number of rotatable bonds is 4. The molecular weight excluding hydrogens is 577 g/mol. The minimum absolute atomic E-state index is 1.15. The van der Waals surface area contributed by atoms with E-state index in [9.17, 15) is 0 Å². The zero-order valence-corrected chi connectivity index (χ0v) is 26.2. The average Bonchev–Trinajstić information content (AvgIpc) is 3.46. The summed E-state index contributed by atoms with van der Waals surface area (Å²) in [7, 11) is 0. The SMILES string of the molecule is Cc1ccccc1-c1ccc(N2c3ccccc3Sc3c2ccc2c4ccccc4n(-c4cccc(-c5ccccc5)c4)c32)cc1. The molecule has 0 bridgehead atoms. The highest BCUT2D eigenvalue weighted by Crippen LogP contribution is 2.55. The molecule has 1 aliphatic rings. The molecule has 0 fully saturated rings. The van der Waals surface area contributed by atoms with Crippen molar-refractivity contribution in [2.75, 3.05) is 4.90 Å². The molecule has 0 unspecified atom stereocenters. The Kier molecular flexibility index (Phi) is 6.32. The van der Waals surface area contributed by atoms with Gasteiger partial charge in [-0.3, -0.25) is 0 Å². The Labute approximate surface area is 273 Å². The van der Waals surface area contributed by atoms with Gasteiger partial charge in [0.15, 0.2) is 0 Å². The first-order valence-electron chi connectivity index (χ1n) is 15.7. The lowest BCUT2D eigenvalue weighted by Gasteiger charge is -2.33. The minimum atomic E-state index is 1.15. The van der Waals surface area contributed by atoms with E-state index in [1.807, 2.05) is 11.8 Å². The predicted molar refractivity (Wildman–Crippen MR) is 195 cm³/mol. The average molecular weight is 607 g/mol. The lowest BCUT2D eigenvalue weighted by Crippen LogP contribution is -2.15. The third-order valence-corrected chi connectivity index (χ3v) is 10.3. The second-order valence-corrected chi connectivity index (χ2v) is 12.9. The van der Waals surface area contributed by atoms with Gasteiger partial charge in [0, 0.05) is 27.0 Å². The van der Waals surface area contributed by atoms with Crippen LogP contribution in [0.15, 0.2) is 174 Å². The molecule has 0 N–H and O–H groups in total. The lowest BCUT2D eigenvalue weighted by atomic mass is 10.00. The molecule has 218 valence electrons. The molecule has 0 radical (unpaired) electrons. The van der Waals surface area contributed by atoms with Gasteiger partial charge >= 0.3 is 0 Å². The van der Waals surface area contributed by atoms with Crippen LogP contribution >= 0.6 is 11.8 Å². The molecule has 46 heavy (non-hydrogen) atoms. The van der Waals surface area contributed by atoms with Gasteiger partial charge in [0.25, 0.3) is 0 Å². The first-order chi connectivity index (χ1) is 22.7. The molecule has 0 saturated carbocycles. The van der Waals surface area contributed by atoms with Crippen molar-refractivity contribution in [3.8, 4) is 27.9 Å². The van der Waals surface area contributed by atoms with E-state index in [2.05, 4.69) is 180 Å². The number of fused-ring (bicyclic) bond motifs is 6. The molecule has 7 aromatic carbocycles. The normalized spacial score (nSPS) is 12.3. The smallest absolute Gasteiger partial charge is 0.0701 e. The van der Waals surface area contributed by atoms with Crippen LogP contribution in [-0.4, -0.2) is 4.57 Å². The van der Waals surface area contributed by atoms with Crippen molar-refractivity contribution in [2.45, 2.75) is 16.7 Å². The fraction of sp³-hybridized carbons (Fsp3) is 0.0233. The van der Waals surface area contributed by atoms with E-state index in [4.69, 9.17) is 0 Å². The molecule has 0 spiro atoms. The summed E-state index contributed by atoms with van der Waals surface area (Å²) in [6, 6.07) is 59.4. The van der Waals surface area contributed by atoms with E-state index in [0.29, 0.717) is 0 Å². The van der Waals surface area contributed by atoms with E-state index >= 15 is 0 Å². The predicted octanol–water partition coefficient (Wildman–Crippen LogP) is 12.4. The number of aromatic nitrogens is 1. The Morgan fingerprint density at radius 1 is 0.478 bits per heavy atom. The lowest BCUT2D eigenvalue weighted by molar-refractivity contribution is 1.13. The molecular formula is C43H30N2S. The van der Waals surface area contributed by atoms with E-state index in [-0.39, 0.29) is 0 Å². The maximum absolute atomic E-state index is 2.47. The highest BCUT2D eigenvalue weighted by Gasteiger charge is 2.29. The summed E-state index contributed by atoms with van der Waals surface area (Å²) in [5, 5.41) is 2.53. The van der Waals surface area contributed by atoms with Crippen LogP contribution in [-0.2, 0) is 0 Å². The van der Waals surface area contributed by atoms with Gasteiger partial charge in [-0.1, -0.05) is 127 Å². The first-order valence-corrected chi connectivity index (χ1v) is 16.5. The van der Waals surface area contributed by atoms with Crippen molar-refractivity contribution >= 4 is 50.6 Å². The molecule has 2 heterocycles. The Morgan fingerprint density at radius 3 is 2.09 bits per heavy atom. The third kappa shape index (κ3) is 4.28. The molecule has 1 aromatic heterocycles. The summed E-state index contributed by atoms with van der Waals surface area (Å²) in [5.74, 6) is 0. The van der Waals surface area contributed by atoms with E-state index < -0.39 is 0 Å². The maximum Gasteiger partial charge on any atom is 0.0701 e. The Morgan fingerprint density at radius 2 is 1.22 bits per heavy atom. The van der Waals surface area contributed by atoms with Crippen molar-refractivity contribution in [1.29, 1.82) is 0 Å². The number of benzene rings is 7. The number of hydrogen-bond donors (Lipinski definition) is 0. The Hall–Kier alpha value is -5.51. The zero-order valence-electron chi connectivity index (χ0n) is 25.4. The summed E-state index contributed by atoms with van der Waals surface area (Å²) in [4.78, 5) is 4.95. The molecule has 0 atom stereocenters. The minimum Gasteiger partial charge on any atom is -0.308 e. The Balaban J connectivity index is 1.28. The second kappa shape index (κ2) is 10.8. The highest BCUT2D eigenvalue weighted by atomic mass is 32.2. The zero-order chi connectivity index (χ0) is 30.6. The third-order valence-electron chi connectivity index (χ3n) is 9.12. The van der Waals surface area contributed by atoms with Crippen LogP contribution in [0.1, 0.15) is 5.56 Å². The quantitative estimate of drug-likeness (QED) is 0.197. The van der Waals surface area contributed by atoms with Crippen molar-refractivity contribution in [3.05, 3.63) is 169 Å². The molecule has 0 saturated heterocycles. The number of para-hydroxylation sites is 2. The van der Waals surface area contributed by atoms with Gasteiger partial charge in [-0.05, 0) is 83.3 Å². The largest absolute Gasteiger partial charge is 0.308 e. The fourth-order valence-electron chi connectivity index (χ4n) is 6.95. The maximum atomic E-state index is 2.47. The van der Waals surface area contributed by atoms with E-state index in [0.717, 1.165) is 11.4 Å². The van der Waals surface area contributed by atoms with Gasteiger partial charge in [0.2, 0.25) is 0 Å². The van der Waals surface area contributed by atoms with Crippen LogP contribution in [0.3, 0.4) is 0 Å². The molecule has 0 amide bonds. The van der Waals surface area contributed by atoms with Gasteiger partial charge in [0.1, 0.15) is 0 Å². The topological polar surface area (TPSA) is 8.17 Å². The Bertz CT molecular complexity index is 2400. The van der Waals surface area contributed by atoms with E-state index in [1.165, 1.54) is 70.8 Å². The summed E-state index contributed by atoms with van der Waals surface area (Å²) >= 11 is 1.87. The number of anilines is 3. The standard InChI is InChI=1S/C43H30N2S/c1-29-12-5-6-17-35(29)31-22-24-33(25-23-31)44-39-20-9-10-21-41(39)46-43-40(44)27-26-37-36-18-7-8-19-38(36)45(42(37)43)34-16-11-15-32(28-34)30-13-3-2-4-14-30/h2-28H,1H3. The summed E-state index contributed by atoms with van der Waals surface area (Å²) < 4.78 is 2.47. The van der Waals surface area contributed by atoms with Gasteiger partial charge in [0.05, 0.1) is 27.3 Å². The van der Waals surface area contributed by atoms with Gasteiger partial charge in [-0.15, -0.1) is 0 Å². The van der Waals surface area contributed by atoms with Gasteiger partial charge < -0.3 is 9.47 Å². The second-order valence-electron chi connectivity index (χ2n) is 11.8. The number of nitrogens with zero attached hydrogens (tertiary/aromatic N) is 2. The highest BCUT2D eigenvalue weighted by molar-refractivity contribution is 8.00. The van der Waals surface area contributed by atoms with Crippen molar-refractivity contribution in [2.24, 2.45) is 0 Å². The number of hydrogen-bond acceptors (Lipinski definition) is 2. The number of aryl methyl sites for hydroxylation is 1. The molecule has 3 heteroatoms. The van der Waals surface area contributed by atoms with Crippen molar-refractivity contribution in [1.82, 2.24) is 4.57 Å². The fourth-order valence-corrected chi connectivity index (χ4v) is 8.14. The van der Waals surface area contributed by atoms with Gasteiger partial charge in [-0.25, -0.2) is 0 Å². The van der Waals surface area contributed by atoms with E-state index in [1.54, 1.807) is 0 Å². The van der Waals surface area contributed by atoms with Crippen molar-refractivity contribution in [3.63, 3.8) is 0 Å². The summed E-state index contributed by atoms with van der Waals surface area (Å²) in [5.41, 5.74) is 13.4. The van der Waals surface area contributed by atoms with Crippen LogP contribution in [0.5, 0.6) is 0 Å². The van der Waals surface area contributed by atoms with Gasteiger partial charge in [-0.2, -0.15) is 0 Å². The van der Waals surface area contributed by atoms with Crippen LogP contribution in [0.2, 0.25) is 0 Å². The molecule has 9 rings (SSSR count). The molecule has 2 nitrogen and oxygen atoms in total. The monoisotopic (exact) mass is 606 g/mol. The van der Waals surface area contributed by atoms with Crippen LogP contribution in [0, 0.1) is 6.92 Å². The van der Waals surface area contributed by atoms with Crippen LogP contribution in [0.25, 0.3) is 49.7 Å². The van der Waals surface area contributed by atoms with Crippen LogP contribution in [0.4, 0.5) is 17.1 Å². The summed E-state index contributed by atoms with van der Waals surface area (Å²) in [6.07, 6.45) is 0. The molecule has 1 aliphatic heterocycles. The molecule has 8 aromatic rings. The molecule has 0 aliphatic carbocycles. The van der Waals surface area contributed by atoms with Crippen LogP contribution < -0.4 is 4.90 Å².